The van der Waals surface area contributed by atoms with Gasteiger partial charge >= 0.3 is 5.97 Å². The highest BCUT2D eigenvalue weighted by Crippen LogP contribution is 2.33. The van der Waals surface area contributed by atoms with Gasteiger partial charge in [-0.2, -0.15) is 0 Å². The van der Waals surface area contributed by atoms with Gasteiger partial charge in [0.1, 0.15) is 0 Å². The Hall–Kier alpha value is -0.880. The molecule has 1 aromatic rings. The van der Waals surface area contributed by atoms with Crippen molar-refractivity contribution in [3.63, 3.8) is 0 Å². The molecule has 1 aliphatic rings. The lowest BCUT2D eigenvalue weighted by atomic mass is 10.1. The first-order valence-electron chi connectivity index (χ1n) is 5.36. The number of hydrogen-bond donors (Lipinski definition) is 0. The van der Waals surface area contributed by atoms with Gasteiger partial charge in [0.2, 0.25) is 5.91 Å². The highest BCUT2D eigenvalue weighted by Gasteiger charge is 2.36. The van der Waals surface area contributed by atoms with Gasteiger partial charge in [0.05, 0.1) is 18.7 Å². The van der Waals surface area contributed by atoms with Crippen molar-refractivity contribution in [3.8, 4) is 0 Å². The second kappa shape index (κ2) is 5.40. The molecule has 1 aromatic carbocycles. The zero-order valence-electron chi connectivity index (χ0n) is 9.65. The van der Waals surface area contributed by atoms with Crippen LogP contribution in [0.4, 0.5) is 5.69 Å². The summed E-state index contributed by atoms with van der Waals surface area (Å²) < 4.78 is 6.42. The van der Waals surface area contributed by atoms with Crippen LogP contribution in [0.1, 0.15) is 6.42 Å². The zero-order chi connectivity index (χ0) is 13.3. The second-order valence-electron chi connectivity index (χ2n) is 4.02. The van der Waals surface area contributed by atoms with E-state index in [4.69, 9.17) is 0 Å². The van der Waals surface area contributed by atoms with Gasteiger partial charge in [0.25, 0.3) is 0 Å². The van der Waals surface area contributed by atoms with Crippen LogP contribution in [-0.2, 0) is 14.3 Å². The number of hydrogen-bond acceptors (Lipinski definition) is 3. The van der Waals surface area contributed by atoms with E-state index in [9.17, 15) is 9.59 Å². The molecule has 1 saturated heterocycles. The zero-order valence-corrected chi connectivity index (χ0v) is 12.8. The summed E-state index contributed by atoms with van der Waals surface area (Å²) in [6.07, 6.45) is 0.204. The Bertz CT molecular complexity index is 504. The van der Waals surface area contributed by atoms with Gasteiger partial charge in [-0.1, -0.05) is 15.9 Å². The van der Waals surface area contributed by atoms with Crippen molar-refractivity contribution in [3.05, 3.63) is 27.1 Å². The molecular formula is C12H11Br2NO3. The number of nitrogens with zero attached hydrogens (tertiary/aromatic N) is 1. The second-order valence-corrected chi connectivity index (χ2v) is 5.79. The van der Waals surface area contributed by atoms with Crippen LogP contribution in [0.5, 0.6) is 0 Å². The molecule has 4 nitrogen and oxygen atoms in total. The number of benzene rings is 1. The van der Waals surface area contributed by atoms with Gasteiger partial charge in [0, 0.05) is 21.9 Å². The molecule has 1 unspecified atom stereocenters. The van der Waals surface area contributed by atoms with Crippen molar-refractivity contribution in [2.45, 2.75) is 6.42 Å². The van der Waals surface area contributed by atoms with E-state index in [1.54, 1.807) is 4.90 Å². The molecular weight excluding hydrogens is 366 g/mol. The molecule has 18 heavy (non-hydrogen) atoms. The smallest absolute Gasteiger partial charge is 0.311 e. The third kappa shape index (κ3) is 2.59. The fraction of sp³-hybridized carbons (Fsp3) is 0.333. The monoisotopic (exact) mass is 375 g/mol. The number of carbonyl (C=O) groups is 2. The number of anilines is 1. The van der Waals surface area contributed by atoms with Crippen LogP contribution >= 0.6 is 31.9 Å². The molecule has 96 valence electrons. The summed E-state index contributed by atoms with van der Waals surface area (Å²) in [7, 11) is 1.34. The van der Waals surface area contributed by atoms with E-state index in [-0.39, 0.29) is 24.2 Å². The summed E-state index contributed by atoms with van der Waals surface area (Å²) in [5.74, 6) is -0.773. The molecule has 1 fully saturated rings. The standard InChI is InChI=1S/C12H11Br2NO3/c1-18-12(17)7-4-11(16)15(6-7)10-3-2-8(13)5-9(10)14/h2-3,5,7H,4,6H2,1H3. The first-order chi connectivity index (χ1) is 8.52. The van der Waals surface area contributed by atoms with E-state index in [0.717, 1.165) is 14.6 Å². The average molecular weight is 377 g/mol. The van der Waals surface area contributed by atoms with Crippen LogP contribution in [0, 0.1) is 5.92 Å². The molecule has 6 heteroatoms. The number of ether oxygens (including phenoxy) is 1. The summed E-state index contributed by atoms with van der Waals surface area (Å²) in [6.45, 7) is 0.367. The van der Waals surface area contributed by atoms with Crippen molar-refractivity contribution >= 4 is 49.4 Å². The van der Waals surface area contributed by atoms with Crippen molar-refractivity contribution in [1.82, 2.24) is 0 Å². The number of esters is 1. The first-order valence-corrected chi connectivity index (χ1v) is 6.94. The molecule has 0 aliphatic carbocycles. The van der Waals surface area contributed by atoms with E-state index in [2.05, 4.69) is 36.6 Å². The summed E-state index contributed by atoms with van der Waals surface area (Å²) in [4.78, 5) is 25.0. The van der Waals surface area contributed by atoms with E-state index >= 15 is 0 Å². The van der Waals surface area contributed by atoms with E-state index in [1.165, 1.54) is 7.11 Å². The molecule has 1 aliphatic heterocycles. The van der Waals surface area contributed by atoms with Crippen molar-refractivity contribution in [1.29, 1.82) is 0 Å². The van der Waals surface area contributed by atoms with Crippen LogP contribution in [0.2, 0.25) is 0 Å². The third-order valence-electron chi connectivity index (χ3n) is 2.86. The Morgan fingerprint density at radius 2 is 2.17 bits per heavy atom. The van der Waals surface area contributed by atoms with Crippen LogP contribution in [0.25, 0.3) is 0 Å². The maximum atomic E-state index is 11.9. The first kappa shape index (κ1) is 13.5. The molecule has 0 saturated carbocycles. The van der Waals surface area contributed by atoms with Gasteiger partial charge in [-0.15, -0.1) is 0 Å². The van der Waals surface area contributed by atoms with E-state index in [0.29, 0.717) is 6.54 Å². The molecule has 0 N–H and O–H groups in total. The Labute approximate surface area is 122 Å². The fourth-order valence-corrected chi connectivity index (χ4v) is 3.23. The van der Waals surface area contributed by atoms with Crippen LogP contribution in [-0.4, -0.2) is 25.5 Å². The highest BCUT2D eigenvalue weighted by molar-refractivity contribution is 9.11. The third-order valence-corrected chi connectivity index (χ3v) is 3.99. The lowest BCUT2D eigenvalue weighted by molar-refractivity contribution is -0.145. The van der Waals surface area contributed by atoms with Crippen molar-refractivity contribution in [2.24, 2.45) is 5.92 Å². The summed E-state index contributed by atoms with van der Waals surface area (Å²) in [5.41, 5.74) is 0.773. The summed E-state index contributed by atoms with van der Waals surface area (Å²) in [6, 6.07) is 5.57. The number of rotatable bonds is 2. The number of amides is 1. The SMILES string of the molecule is COC(=O)C1CC(=O)N(c2ccc(Br)cc2Br)C1. The summed E-state index contributed by atoms with van der Waals surface area (Å²) >= 11 is 6.78. The van der Waals surface area contributed by atoms with Crippen molar-refractivity contribution in [2.75, 3.05) is 18.6 Å². The maximum absolute atomic E-state index is 11.9. The molecule has 0 aromatic heterocycles. The largest absolute Gasteiger partial charge is 0.469 e. The number of carbonyl (C=O) groups excluding carboxylic acids is 2. The topological polar surface area (TPSA) is 46.6 Å². The predicted octanol–water partition coefficient (Wildman–Crippen LogP) is 2.74. The van der Waals surface area contributed by atoms with Gasteiger partial charge in [0.15, 0.2) is 0 Å². The van der Waals surface area contributed by atoms with Gasteiger partial charge < -0.3 is 9.64 Å². The Morgan fingerprint density at radius 1 is 1.44 bits per heavy atom. The Kier molecular flexibility index (Phi) is 4.07. The van der Waals surface area contributed by atoms with Crippen LogP contribution < -0.4 is 4.90 Å². The predicted molar refractivity (Wildman–Crippen MR) is 74.3 cm³/mol. The highest BCUT2D eigenvalue weighted by atomic mass is 79.9. The normalized spacial score (nSPS) is 19.2. The molecule has 0 bridgehead atoms. The molecule has 1 heterocycles. The van der Waals surface area contributed by atoms with Crippen LogP contribution in [0.15, 0.2) is 27.1 Å². The fourth-order valence-electron chi connectivity index (χ4n) is 1.97. The molecule has 0 spiro atoms. The maximum Gasteiger partial charge on any atom is 0.311 e. The quantitative estimate of drug-likeness (QED) is 0.745. The minimum Gasteiger partial charge on any atom is -0.469 e. The van der Waals surface area contributed by atoms with Crippen LogP contribution in [0.3, 0.4) is 0 Å². The Morgan fingerprint density at radius 3 is 2.78 bits per heavy atom. The van der Waals surface area contributed by atoms with E-state index in [1.807, 2.05) is 18.2 Å². The van der Waals surface area contributed by atoms with E-state index < -0.39 is 0 Å². The lowest BCUT2D eigenvalue weighted by Gasteiger charge is -2.18. The van der Waals surface area contributed by atoms with Gasteiger partial charge in [-0.05, 0) is 34.1 Å². The Balaban J connectivity index is 2.24. The van der Waals surface area contributed by atoms with Crippen molar-refractivity contribution < 1.29 is 14.3 Å². The molecule has 0 radical (unpaired) electrons. The van der Waals surface area contributed by atoms with Gasteiger partial charge in [-0.3, -0.25) is 9.59 Å². The minimum atomic E-state index is -0.377. The lowest BCUT2D eigenvalue weighted by Crippen LogP contribution is -2.26. The number of halogens is 2. The number of methoxy groups -OCH3 is 1. The minimum absolute atomic E-state index is 0.0616. The summed E-state index contributed by atoms with van der Waals surface area (Å²) in [5, 5.41) is 0. The van der Waals surface area contributed by atoms with Gasteiger partial charge in [-0.25, -0.2) is 0 Å². The molecule has 1 atom stereocenters. The average Bonchev–Trinajstić information content (AvgIpc) is 2.70. The molecule has 1 amide bonds. The molecule has 2 rings (SSSR count).